The van der Waals surface area contributed by atoms with Gasteiger partial charge in [0.05, 0.1) is 6.04 Å². The van der Waals surface area contributed by atoms with Gasteiger partial charge in [0.15, 0.2) is 0 Å². The number of nitrogens with two attached hydrogens (primary N) is 2. The summed E-state index contributed by atoms with van der Waals surface area (Å²) in [5.74, 6) is -2.67. The van der Waals surface area contributed by atoms with Gasteiger partial charge in [0.25, 0.3) is 0 Å². The lowest BCUT2D eigenvalue weighted by Crippen LogP contribution is -2.58. The van der Waals surface area contributed by atoms with E-state index in [1.54, 1.807) is 18.3 Å². The maximum atomic E-state index is 13.7. The Morgan fingerprint density at radius 3 is 2.30 bits per heavy atom. The minimum atomic E-state index is -1.12. The number of phenolic OH excluding ortho intramolecular Hbond substituents is 1. The second kappa shape index (κ2) is 14.2. The predicted molar refractivity (Wildman–Crippen MR) is 170 cm³/mol. The number of fused-ring (bicyclic) bond motifs is 1. The number of aromatic nitrogens is 1. The number of rotatable bonds is 12. The minimum absolute atomic E-state index is 0.0267. The number of benzene rings is 3. The van der Waals surface area contributed by atoms with E-state index >= 15 is 0 Å². The Labute approximate surface area is 265 Å². The van der Waals surface area contributed by atoms with Crippen LogP contribution >= 0.6 is 0 Å². The van der Waals surface area contributed by atoms with E-state index in [2.05, 4.69) is 15.6 Å². The molecule has 4 atom stereocenters. The fourth-order valence-corrected chi connectivity index (χ4v) is 5.84. The first-order valence-corrected chi connectivity index (χ1v) is 15.1. The number of hydrogen-bond acceptors (Lipinski definition) is 6. The molecule has 4 amide bonds. The summed E-state index contributed by atoms with van der Waals surface area (Å²) in [6.07, 6.45) is 3.06. The van der Waals surface area contributed by atoms with Gasteiger partial charge in [0.1, 0.15) is 29.7 Å². The third-order valence-corrected chi connectivity index (χ3v) is 8.29. The van der Waals surface area contributed by atoms with E-state index in [0.717, 1.165) is 22.0 Å². The molecule has 4 aromatic rings. The Balaban J connectivity index is 1.33. The number of para-hydroxylation sites is 1. The lowest BCUT2D eigenvalue weighted by atomic mass is 10.0. The SMILES string of the molecule is NC(=O)[C@H](Cc1ccc(F)cc1)NC(=O)[C@H](Cc1c[nH]c2ccccc12)NC(=O)[C@@H]1CCCN1C(=O)[C@@H](N)Cc1ccc(O)cc1. The highest BCUT2D eigenvalue weighted by molar-refractivity contribution is 5.95. The highest BCUT2D eigenvalue weighted by Gasteiger charge is 2.38. The zero-order valence-corrected chi connectivity index (χ0v) is 25.1. The molecule has 3 aromatic carbocycles. The molecule has 1 aliphatic rings. The van der Waals surface area contributed by atoms with Crippen LogP contribution in [0.1, 0.15) is 29.5 Å². The molecule has 1 saturated heterocycles. The number of phenols is 1. The zero-order valence-electron chi connectivity index (χ0n) is 25.1. The van der Waals surface area contributed by atoms with Crippen LogP contribution in [0.2, 0.25) is 0 Å². The highest BCUT2D eigenvalue weighted by Crippen LogP contribution is 2.22. The molecule has 1 aliphatic heterocycles. The standard InChI is InChI=1S/C34H37FN6O5/c35-23-11-7-21(8-12-23)17-28(31(37)43)39-32(44)29(18-22-19-38-27-5-2-1-4-25(22)27)40-33(45)30-6-3-15-41(30)34(46)26(36)16-20-9-13-24(42)14-10-20/h1-2,4-5,7-14,19,26,28-30,38,42H,3,6,15-18,36H2,(H2,37,43)(H,39,44)(H,40,45)/t26-,28-,29-,30-/m0/s1. The molecule has 46 heavy (non-hydrogen) atoms. The van der Waals surface area contributed by atoms with Crippen molar-refractivity contribution in [2.75, 3.05) is 6.54 Å². The van der Waals surface area contributed by atoms with Crippen molar-refractivity contribution in [1.82, 2.24) is 20.5 Å². The molecule has 5 rings (SSSR count). The maximum absolute atomic E-state index is 13.7. The molecular formula is C34H37FN6O5. The number of nitrogens with one attached hydrogen (secondary N) is 3. The van der Waals surface area contributed by atoms with E-state index in [-0.39, 0.29) is 25.0 Å². The Kier molecular flexibility index (Phi) is 9.97. The molecule has 0 aliphatic carbocycles. The average Bonchev–Trinajstić information content (AvgIpc) is 3.70. The average molecular weight is 629 g/mol. The number of H-pyrrole nitrogens is 1. The van der Waals surface area contributed by atoms with E-state index in [1.807, 2.05) is 24.3 Å². The van der Waals surface area contributed by atoms with Gasteiger partial charge in [-0.3, -0.25) is 19.2 Å². The molecule has 8 N–H and O–H groups in total. The van der Waals surface area contributed by atoms with Crippen molar-refractivity contribution < 1.29 is 28.7 Å². The first-order chi connectivity index (χ1) is 22.1. The molecule has 11 nitrogen and oxygen atoms in total. The van der Waals surface area contributed by atoms with Crippen LogP contribution in [0.15, 0.2) is 79.0 Å². The number of nitrogens with zero attached hydrogens (tertiary/aromatic N) is 1. The van der Waals surface area contributed by atoms with Crippen LogP contribution in [0.25, 0.3) is 10.9 Å². The summed E-state index contributed by atoms with van der Waals surface area (Å²) < 4.78 is 13.4. The number of primary amides is 1. The van der Waals surface area contributed by atoms with Gasteiger partial charge in [-0.15, -0.1) is 0 Å². The fourth-order valence-electron chi connectivity index (χ4n) is 5.84. The van der Waals surface area contributed by atoms with Crippen molar-refractivity contribution >= 4 is 34.5 Å². The number of halogens is 1. The molecule has 0 bridgehead atoms. The number of amides is 4. The van der Waals surface area contributed by atoms with E-state index in [4.69, 9.17) is 11.5 Å². The Hall–Kier alpha value is -5.23. The van der Waals surface area contributed by atoms with Crippen LogP contribution < -0.4 is 22.1 Å². The number of hydrogen-bond donors (Lipinski definition) is 6. The predicted octanol–water partition coefficient (Wildman–Crippen LogP) is 1.81. The third-order valence-electron chi connectivity index (χ3n) is 8.29. The van der Waals surface area contributed by atoms with Crippen molar-refractivity contribution in [1.29, 1.82) is 0 Å². The quantitative estimate of drug-likeness (QED) is 0.139. The second-order valence-electron chi connectivity index (χ2n) is 11.6. The highest BCUT2D eigenvalue weighted by atomic mass is 19.1. The molecule has 12 heteroatoms. The van der Waals surface area contributed by atoms with Crippen molar-refractivity contribution in [3.63, 3.8) is 0 Å². The summed E-state index contributed by atoms with van der Waals surface area (Å²) in [5.41, 5.74) is 14.9. The van der Waals surface area contributed by atoms with Gasteiger partial charge in [0, 0.05) is 36.5 Å². The largest absolute Gasteiger partial charge is 0.508 e. The van der Waals surface area contributed by atoms with E-state index in [1.165, 1.54) is 41.3 Å². The molecular weight excluding hydrogens is 591 g/mol. The summed E-state index contributed by atoms with van der Waals surface area (Å²) in [6.45, 7) is 0.334. The van der Waals surface area contributed by atoms with Crippen molar-refractivity contribution in [2.45, 2.75) is 56.3 Å². The van der Waals surface area contributed by atoms with E-state index in [9.17, 15) is 28.7 Å². The van der Waals surface area contributed by atoms with Gasteiger partial charge < -0.3 is 37.1 Å². The van der Waals surface area contributed by atoms with Gasteiger partial charge in [-0.2, -0.15) is 0 Å². The topological polar surface area (TPSA) is 184 Å². The number of likely N-dealkylation sites (tertiary alicyclic amines) is 1. The van der Waals surface area contributed by atoms with Crippen molar-refractivity contribution in [2.24, 2.45) is 11.5 Å². The van der Waals surface area contributed by atoms with Crippen LogP contribution in [0, 0.1) is 5.82 Å². The van der Waals surface area contributed by atoms with Gasteiger partial charge in [0.2, 0.25) is 23.6 Å². The maximum Gasteiger partial charge on any atom is 0.243 e. The lowest BCUT2D eigenvalue weighted by molar-refractivity contribution is -0.140. The summed E-state index contributed by atoms with van der Waals surface area (Å²) in [7, 11) is 0. The molecule has 2 heterocycles. The summed E-state index contributed by atoms with van der Waals surface area (Å²) in [5, 5.41) is 15.9. The summed E-state index contributed by atoms with van der Waals surface area (Å²) in [6, 6.07) is 15.4. The number of aromatic amines is 1. The Morgan fingerprint density at radius 1 is 0.913 bits per heavy atom. The molecule has 0 saturated carbocycles. The molecule has 0 unspecified atom stereocenters. The number of carbonyl (C=O) groups excluding carboxylic acids is 4. The third kappa shape index (κ3) is 7.70. The Bertz CT molecular complexity index is 1710. The van der Waals surface area contributed by atoms with Crippen molar-refractivity contribution in [3.05, 3.63) is 102 Å². The van der Waals surface area contributed by atoms with Crippen LogP contribution in [-0.2, 0) is 38.4 Å². The molecule has 1 fully saturated rings. The van der Waals surface area contributed by atoms with Crippen LogP contribution in [0.5, 0.6) is 5.75 Å². The van der Waals surface area contributed by atoms with Crippen LogP contribution in [0.3, 0.4) is 0 Å². The monoisotopic (exact) mass is 628 g/mol. The molecule has 240 valence electrons. The molecule has 0 radical (unpaired) electrons. The Morgan fingerprint density at radius 2 is 1.59 bits per heavy atom. The summed E-state index contributed by atoms with van der Waals surface area (Å²) >= 11 is 0. The fraction of sp³-hybridized carbons (Fsp3) is 0.294. The number of aromatic hydroxyl groups is 1. The number of carbonyl (C=O) groups is 4. The summed E-state index contributed by atoms with van der Waals surface area (Å²) in [4.78, 5) is 57.8. The molecule has 1 aromatic heterocycles. The van der Waals surface area contributed by atoms with Gasteiger partial charge in [-0.05, 0) is 66.3 Å². The van der Waals surface area contributed by atoms with Gasteiger partial charge in [-0.25, -0.2) is 4.39 Å². The minimum Gasteiger partial charge on any atom is -0.508 e. The van der Waals surface area contributed by atoms with E-state index < -0.39 is 53.6 Å². The second-order valence-corrected chi connectivity index (χ2v) is 11.6. The molecule has 0 spiro atoms. The smallest absolute Gasteiger partial charge is 0.243 e. The van der Waals surface area contributed by atoms with Gasteiger partial charge >= 0.3 is 0 Å². The first-order valence-electron chi connectivity index (χ1n) is 15.1. The van der Waals surface area contributed by atoms with Gasteiger partial charge in [-0.1, -0.05) is 42.5 Å². The van der Waals surface area contributed by atoms with Crippen molar-refractivity contribution in [3.8, 4) is 5.75 Å². The first kappa shape index (κ1) is 32.2. The van der Waals surface area contributed by atoms with Crippen LogP contribution in [0.4, 0.5) is 4.39 Å². The normalized spacial score (nSPS) is 16.5. The zero-order chi connectivity index (χ0) is 32.8. The lowest BCUT2D eigenvalue weighted by Gasteiger charge is -2.29. The van der Waals surface area contributed by atoms with Crippen LogP contribution in [-0.4, -0.2) is 69.3 Å². The van der Waals surface area contributed by atoms with E-state index in [0.29, 0.717) is 24.9 Å².